The largest absolute Gasteiger partial charge is 0.397 e. The van der Waals surface area contributed by atoms with Gasteiger partial charge in [-0.1, -0.05) is 18.5 Å². The predicted molar refractivity (Wildman–Crippen MR) is 65.5 cm³/mol. The average Bonchev–Trinajstić information content (AvgIpc) is 2.28. The molecule has 0 aliphatic rings. The number of halogens is 1. The van der Waals surface area contributed by atoms with E-state index in [4.69, 9.17) is 17.3 Å². The van der Waals surface area contributed by atoms with E-state index in [1.54, 1.807) is 4.90 Å². The van der Waals surface area contributed by atoms with Crippen molar-refractivity contribution in [2.45, 2.75) is 20.3 Å². The van der Waals surface area contributed by atoms with Gasteiger partial charge in [-0.2, -0.15) is 0 Å². The third-order valence-electron chi connectivity index (χ3n) is 2.29. The van der Waals surface area contributed by atoms with E-state index in [1.807, 2.05) is 13.8 Å². The van der Waals surface area contributed by atoms with Crippen LogP contribution < -0.4 is 5.73 Å². The molecule has 88 valence electrons. The van der Waals surface area contributed by atoms with Crippen LogP contribution in [0.1, 0.15) is 30.6 Å². The Labute approximate surface area is 100 Å². The zero-order valence-electron chi connectivity index (χ0n) is 9.53. The molecule has 0 atom stereocenters. The molecule has 0 unspecified atom stereocenters. The molecule has 1 amide bonds. The van der Waals surface area contributed by atoms with Gasteiger partial charge in [-0.15, -0.1) is 0 Å². The Bertz CT molecular complexity index is 381. The molecule has 5 heteroatoms. The van der Waals surface area contributed by atoms with E-state index in [0.29, 0.717) is 24.3 Å². The highest BCUT2D eigenvalue weighted by atomic mass is 35.5. The fourth-order valence-electron chi connectivity index (χ4n) is 1.47. The lowest BCUT2D eigenvalue weighted by atomic mass is 10.2. The maximum absolute atomic E-state index is 12.1. The lowest BCUT2D eigenvalue weighted by molar-refractivity contribution is 0.0765. The summed E-state index contributed by atoms with van der Waals surface area (Å²) < 4.78 is 0. The first-order valence-corrected chi connectivity index (χ1v) is 5.68. The van der Waals surface area contributed by atoms with Crippen molar-refractivity contribution in [3.63, 3.8) is 0 Å². The number of rotatable bonds is 4. The highest BCUT2D eigenvalue weighted by molar-refractivity contribution is 6.29. The molecule has 2 N–H and O–H groups in total. The Hall–Kier alpha value is -1.29. The van der Waals surface area contributed by atoms with Crippen LogP contribution in [0.5, 0.6) is 0 Å². The smallest absolute Gasteiger partial charge is 0.256 e. The molecule has 1 aromatic rings. The lowest BCUT2D eigenvalue weighted by Crippen LogP contribution is -2.32. The Kier molecular flexibility index (Phi) is 4.55. The normalized spacial score (nSPS) is 10.2. The summed E-state index contributed by atoms with van der Waals surface area (Å²) in [5.74, 6) is -0.0915. The lowest BCUT2D eigenvalue weighted by Gasteiger charge is -2.20. The molecule has 1 heterocycles. The molecular formula is C11H16ClN3O. The molecule has 0 aliphatic carbocycles. The van der Waals surface area contributed by atoms with Gasteiger partial charge in [-0.25, -0.2) is 4.98 Å². The van der Waals surface area contributed by atoms with E-state index in [0.717, 1.165) is 6.42 Å². The molecule has 0 aromatic carbocycles. The molecular weight excluding hydrogens is 226 g/mol. The number of hydrogen-bond donors (Lipinski definition) is 1. The minimum atomic E-state index is -0.0915. The highest BCUT2D eigenvalue weighted by Crippen LogP contribution is 2.17. The zero-order chi connectivity index (χ0) is 12.1. The summed E-state index contributed by atoms with van der Waals surface area (Å²) in [7, 11) is 0. The first-order valence-electron chi connectivity index (χ1n) is 5.30. The van der Waals surface area contributed by atoms with Gasteiger partial charge in [0.2, 0.25) is 0 Å². The van der Waals surface area contributed by atoms with Crippen molar-refractivity contribution in [1.29, 1.82) is 0 Å². The van der Waals surface area contributed by atoms with Gasteiger partial charge in [0.05, 0.1) is 17.4 Å². The number of pyridine rings is 1. The molecule has 1 rings (SSSR count). The van der Waals surface area contributed by atoms with E-state index in [9.17, 15) is 4.79 Å². The van der Waals surface area contributed by atoms with E-state index in [1.165, 1.54) is 12.3 Å². The number of anilines is 1. The Balaban J connectivity index is 2.98. The topological polar surface area (TPSA) is 59.2 Å². The number of nitrogens with two attached hydrogens (primary N) is 1. The van der Waals surface area contributed by atoms with E-state index in [2.05, 4.69) is 4.98 Å². The highest BCUT2D eigenvalue weighted by Gasteiger charge is 2.16. The van der Waals surface area contributed by atoms with Gasteiger partial charge in [0.25, 0.3) is 5.91 Å². The fraction of sp³-hybridized carbons (Fsp3) is 0.455. The minimum absolute atomic E-state index is 0.0915. The maximum Gasteiger partial charge on any atom is 0.256 e. The Morgan fingerprint density at radius 2 is 2.25 bits per heavy atom. The number of amides is 1. The van der Waals surface area contributed by atoms with Crippen molar-refractivity contribution in [2.24, 2.45) is 0 Å². The molecule has 0 bridgehead atoms. The quantitative estimate of drug-likeness (QED) is 0.822. The number of carbonyl (C=O) groups excluding carboxylic acids is 1. The second-order valence-corrected chi connectivity index (χ2v) is 3.87. The van der Waals surface area contributed by atoms with E-state index < -0.39 is 0 Å². The number of nitrogens with zero attached hydrogens (tertiary/aromatic N) is 2. The van der Waals surface area contributed by atoms with E-state index in [-0.39, 0.29) is 11.1 Å². The van der Waals surface area contributed by atoms with Crippen LogP contribution in [0.2, 0.25) is 5.15 Å². The van der Waals surface area contributed by atoms with Gasteiger partial charge in [0, 0.05) is 13.1 Å². The molecule has 0 aliphatic heterocycles. The molecule has 0 saturated carbocycles. The minimum Gasteiger partial charge on any atom is -0.397 e. The summed E-state index contributed by atoms with van der Waals surface area (Å²) in [4.78, 5) is 17.7. The molecule has 0 fully saturated rings. The van der Waals surface area contributed by atoms with Gasteiger partial charge in [-0.3, -0.25) is 4.79 Å². The van der Waals surface area contributed by atoms with Crippen LogP contribution in [0.4, 0.5) is 5.69 Å². The van der Waals surface area contributed by atoms with Crippen molar-refractivity contribution in [3.8, 4) is 0 Å². The van der Waals surface area contributed by atoms with Crippen molar-refractivity contribution in [2.75, 3.05) is 18.8 Å². The third-order valence-corrected chi connectivity index (χ3v) is 2.50. The van der Waals surface area contributed by atoms with Gasteiger partial charge in [0.15, 0.2) is 0 Å². The molecule has 1 aromatic heterocycles. The van der Waals surface area contributed by atoms with Crippen LogP contribution in [0.25, 0.3) is 0 Å². The number of nitrogen functional groups attached to an aromatic ring is 1. The molecule has 4 nitrogen and oxygen atoms in total. The van der Waals surface area contributed by atoms with E-state index >= 15 is 0 Å². The molecule has 0 saturated heterocycles. The summed E-state index contributed by atoms with van der Waals surface area (Å²) in [6.45, 7) is 5.34. The Morgan fingerprint density at radius 3 is 2.81 bits per heavy atom. The van der Waals surface area contributed by atoms with Crippen LogP contribution in [0, 0.1) is 0 Å². The average molecular weight is 242 g/mol. The van der Waals surface area contributed by atoms with Gasteiger partial charge >= 0.3 is 0 Å². The van der Waals surface area contributed by atoms with Crippen LogP contribution in [0.15, 0.2) is 12.3 Å². The molecule has 0 radical (unpaired) electrons. The first-order chi connectivity index (χ1) is 7.60. The summed E-state index contributed by atoms with van der Waals surface area (Å²) in [5, 5.41) is 0.283. The predicted octanol–water partition coefficient (Wildman–Crippen LogP) is 2.19. The number of aromatic nitrogens is 1. The zero-order valence-corrected chi connectivity index (χ0v) is 10.3. The van der Waals surface area contributed by atoms with Crippen LogP contribution in [-0.2, 0) is 0 Å². The third kappa shape index (κ3) is 2.85. The molecule has 16 heavy (non-hydrogen) atoms. The monoisotopic (exact) mass is 241 g/mol. The van der Waals surface area contributed by atoms with Crippen molar-refractivity contribution in [3.05, 3.63) is 23.0 Å². The second kappa shape index (κ2) is 5.70. The maximum atomic E-state index is 12.1. The van der Waals surface area contributed by atoms with Crippen LogP contribution >= 0.6 is 11.6 Å². The fourth-order valence-corrected chi connectivity index (χ4v) is 1.63. The molecule has 0 spiro atoms. The Morgan fingerprint density at radius 1 is 1.56 bits per heavy atom. The van der Waals surface area contributed by atoms with Crippen molar-refractivity contribution >= 4 is 23.2 Å². The summed E-state index contributed by atoms with van der Waals surface area (Å²) >= 11 is 5.75. The van der Waals surface area contributed by atoms with Crippen molar-refractivity contribution in [1.82, 2.24) is 9.88 Å². The summed E-state index contributed by atoms with van der Waals surface area (Å²) in [6.07, 6.45) is 2.33. The van der Waals surface area contributed by atoms with Crippen LogP contribution in [-0.4, -0.2) is 28.9 Å². The standard InChI is InChI=1S/C11H16ClN3O/c1-3-5-15(4-2)11(16)8-6-10(12)14-7-9(8)13/h6-7H,3-5,13H2,1-2H3. The second-order valence-electron chi connectivity index (χ2n) is 3.48. The first kappa shape index (κ1) is 12.8. The van der Waals surface area contributed by atoms with Crippen LogP contribution in [0.3, 0.4) is 0 Å². The number of hydrogen-bond acceptors (Lipinski definition) is 3. The van der Waals surface area contributed by atoms with Crippen molar-refractivity contribution < 1.29 is 4.79 Å². The van der Waals surface area contributed by atoms with Gasteiger partial charge in [-0.05, 0) is 19.4 Å². The van der Waals surface area contributed by atoms with Gasteiger partial charge < -0.3 is 10.6 Å². The summed E-state index contributed by atoms with van der Waals surface area (Å²) in [6, 6.07) is 1.51. The number of carbonyl (C=O) groups is 1. The van der Waals surface area contributed by atoms with Gasteiger partial charge in [0.1, 0.15) is 5.15 Å². The summed E-state index contributed by atoms with van der Waals surface area (Å²) in [5.41, 5.74) is 6.50. The SMILES string of the molecule is CCCN(CC)C(=O)c1cc(Cl)ncc1N.